The maximum absolute atomic E-state index is 15.1. The maximum atomic E-state index is 15.1. The van der Waals surface area contributed by atoms with Gasteiger partial charge in [0.05, 0.1) is 11.3 Å². The van der Waals surface area contributed by atoms with Crippen LogP contribution in [0.1, 0.15) is 32.3 Å². The molecular weight excluding hydrogens is 509 g/mol. The molecule has 2 atom stereocenters. The molecule has 2 aromatic heterocycles. The largest absolute Gasteiger partial charge is 0.361 e. The highest BCUT2D eigenvalue weighted by atomic mass is 79.9. The van der Waals surface area contributed by atoms with Crippen molar-refractivity contribution in [3.05, 3.63) is 58.6 Å². The lowest BCUT2D eigenvalue weighted by molar-refractivity contribution is 0.368. The summed E-state index contributed by atoms with van der Waals surface area (Å²) in [4.78, 5) is 8.82. The van der Waals surface area contributed by atoms with Crippen LogP contribution in [0.5, 0.6) is 0 Å². The van der Waals surface area contributed by atoms with E-state index >= 15 is 4.39 Å². The second-order valence-corrected chi connectivity index (χ2v) is 12.6. The zero-order chi connectivity index (χ0) is 23.6. The van der Waals surface area contributed by atoms with Crippen molar-refractivity contribution in [1.29, 1.82) is 5.41 Å². The van der Waals surface area contributed by atoms with Crippen LogP contribution in [0, 0.1) is 17.1 Å². The maximum Gasteiger partial charge on any atom is 0.156 e. The molecule has 0 bridgehead atoms. The number of halogens is 2. The van der Waals surface area contributed by atoms with Crippen LogP contribution >= 0.6 is 26.5 Å². The molecule has 2 aliphatic rings. The number of anilines is 2. The van der Waals surface area contributed by atoms with Crippen LogP contribution in [0.15, 0.2) is 47.2 Å². The Hall–Kier alpha value is -2.27. The number of aromatic nitrogens is 2. The molecule has 1 aliphatic heterocycles. The number of benzene rings is 1. The van der Waals surface area contributed by atoms with Gasteiger partial charge in [0.15, 0.2) is 5.82 Å². The standard InChI is InChI=1S/C23H25BrFN5O2S/c1-22(12-33(31,32)23(2,14-3-4-14)21(26)30-22)17-10-16(5-6-18(17)25)29-20-19-13(7-8-27-20)9-15(24)11-28-19/h5-11,14,31-32H,3-4,12H2,1-2H3,(H2,26,30)(H,27,29)/t22-,23-/m0/s1. The Bertz CT molecular complexity index is 1290. The Morgan fingerprint density at radius 2 is 1.97 bits per heavy atom. The summed E-state index contributed by atoms with van der Waals surface area (Å²) in [5, 5.41) is 15.8. The van der Waals surface area contributed by atoms with E-state index in [0.717, 1.165) is 22.7 Å². The van der Waals surface area contributed by atoms with Crippen LogP contribution in [0.3, 0.4) is 0 Å². The Labute approximate surface area is 201 Å². The van der Waals surface area contributed by atoms with Crippen LogP contribution in [0.4, 0.5) is 15.9 Å². The van der Waals surface area contributed by atoms with E-state index in [1.807, 2.05) is 12.1 Å². The molecule has 5 rings (SSSR count). The van der Waals surface area contributed by atoms with Crippen molar-refractivity contribution < 1.29 is 13.5 Å². The summed E-state index contributed by atoms with van der Waals surface area (Å²) in [6.45, 7) is 3.44. The summed E-state index contributed by atoms with van der Waals surface area (Å²) in [6, 6.07) is 8.36. The van der Waals surface area contributed by atoms with Gasteiger partial charge in [0.1, 0.15) is 21.9 Å². The molecule has 1 saturated carbocycles. The van der Waals surface area contributed by atoms with Gasteiger partial charge in [-0.2, -0.15) is 10.6 Å². The smallest absolute Gasteiger partial charge is 0.156 e. The summed E-state index contributed by atoms with van der Waals surface area (Å²) in [7, 11) is -3.19. The second kappa shape index (κ2) is 7.63. The monoisotopic (exact) mass is 533 g/mol. The SMILES string of the molecule is C[C@@]1(c2cc(Nc3nccc4cc(Br)cnc34)ccc2F)CS(O)(O)[C@@](C)(C2CC2)C(=N)N1. The van der Waals surface area contributed by atoms with Crippen molar-refractivity contribution in [3.63, 3.8) is 0 Å². The Kier molecular flexibility index (Phi) is 5.20. The van der Waals surface area contributed by atoms with Gasteiger partial charge < -0.3 is 10.6 Å². The van der Waals surface area contributed by atoms with Gasteiger partial charge in [-0.05, 0) is 78.9 Å². The number of pyridine rings is 2. The van der Waals surface area contributed by atoms with Gasteiger partial charge in [-0.25, -0.2) is 9.37 Å². The van der Waals surface area contributed by atoms with E-state index in [4.69, 9.17) is 5.41 Å². The summed E-state index contributed by atoms with van der Waals surface area (Å²) < 4.78 is 37.1. The lowest BCUT2D eigenvalue weighted by Crippen LogP contribution is -2.63. The highest BCUT2D eigenvalue weighted by Gasteiger charge is 2.59. The molecule has 7 nitrogen and oxygen atoms in total. The number of nitrogens with one attached hydrogen (secondary N) is 3. The van der Waals surface area contributed by atoms with Crippen molar-refractivity contribution >= 4 is 54.8 Å². The van der Waals surface area contributed by atoms with Gasteiger partial charge in [0.25, 0.3) is 0 Å². The van der Waals surface area contributed by atoms with Gasteiger partial charge in [-0.15, -0.1) is 0 Å². The molecule has 2 fully saturated rings. The molecule has 1 aromatic carbocycles. The third kappa shape index (κ3) is 3.69. The molecule has 0 amide bonds. The molecule has 3 aromatic rings. The van der Waals surface area contributed by atoms with Crippen molar-refractivity contribution in [2.75, 3.05) is 11.1 Å². The molecule has 1 saturated heterocycles. The molecular formula is C23H25BrFN5O2S. The topological polar surface area (TPSA) is 114 Å². The predicted octanol–water partition coefficient (Wildman–Crippen LogP) is 5.99. The first kappa shape index (κ1) is 22.5. The Morgan fingerprint density at radius 3 is 2.67 bits per heavy atom. The summed E-state index contributed by atoms with van der Waals surface area (Å²) in [6.07, 6.45) is 5.08. The third-order valence-electron chi connectivity index (χ3n) is 6.81. The van der Waals surface area contributed by atoms with E-state index in [1.165, 1.54) is 6.07 Å². The second-order valence-electron chi connectivity index (χ2n) is 9.23. The molecule has 0 unspecified atom stereocenters. The summed E-state index contributed by atoms with van der Waals surface area (Å²) in [5.41, 5.74) is 0.356. The van der Waals surface area contributed by atoms with Crippen LogP contribution < -0.4 is 10.6 Å². The fourth-order valence-electron chi connectivity index (χ4n) is 4.69. The quantitative estimate of drug-likeness (QED) is 0.281. The molecule has 5 N–H and O–H groups in total. The van der Waals surface area contributed by atoms with E-state index in [-0.39, 0.29) is 23.1 Å². The zero-order valence-electron chi connectivity index (χ0n) is 18.2. The average Bonchev–Trinajstić information content (AvgIpc) is 3.58. The number of hydrogen-bond acceptors (Lipinski definition) is 6. The number of rotatable bonds is 4. The van der Waals surface area contributed by atoms with Crippen LogP contribution in [0.25, 0.3) is 10.9 Å². The average molecular weight is 534 g/mol. The van der Waals surface area contributed by atoms with Crippen molar-refractivity contribution in [3.8, 4) is 0 Å². The van der Waals surface area contributed by atoms with Gasteiger partial charge in [-0.1, -0.05) is 0 Å². The first-order valence-electron chi connectivity index (χ1n) is 10.6. The minimum atomic E-state index is -3.19. The van der Waals surface area contributed by atoms with E-state index in [1.54, 1.807) is 38.4 Å². The normalized spacial score (nSPS) is 27.8. The lowest BCUT2D eigenvalue weighted by Gasteiger charge is -2.58. The van der Waals surface area contributed by atoms with E-state index in [0.29, 0.717) is 17.0 Å². The third-order valence-corrected chi connectivity index (χ3v) is 10.1. The van der Waals surface area contributed by atoms with Crippen molar-refractivity contribution in [2.45, 2.75) is 37.0 Å². The lowest BCUT2D eigenvalue weighted by atomic mass is 9.90. The van der Waals surface area contributed by atoms with Crippen LogP contribution in [-0.4, -0.2) is 35.4 Å². The molecule has 10 heteroatoms. The molecule has 174 valence electrons. The number of amidine groups is 1. The zero-order valence-corrected chi connectivity index (χ0v) is 20.6. The Morgan fingerprint density at radius 1 is 1.21 bits per heavy atom. The van der Waals surface area contributed by atoms with E-state index in [2.05, 4.69) is 36.5 Å². The van der Waals surface area contributed by atoms with E-state index < -0.39 is 26.7 Å². The fourth-order valence-corrected chi connectivity index (χ4v) is 7.52. The van der Waals surface area contributed by atoms with Crippen molar-refractivity contribution in [2.24, 2.45) is 5.92 Å². The fraction of sp³-hybridized carbons (Fsp3) is 0.348. The molecule has 0 spiro atoms. The van der Waals surface area contributed by atoms with Gasteiger partial charge >= 0.3 is 0 Å². The predicted molar refractivity (Wildman–Crippen MR) is 134 cm³/mol. The highest BCUT2D eigenvalue weighted by Crippen LogP contribution is 2.66. The van der Waals surface area contributed by atoms with Crippen LogP contribution in [-0.2, 0) is 5.54 Å². The molecule has 33 heavy (non-hydrogen) atoms. The molecule has 3 heterocycles. The first-order valence-corrected chi connectivity index (χ1v) is 13.1. The minimum absolute atomic E-state index is 0.0574. The number of nitrogens with zero attached hydrogens (tertiary/aromatic N) is 2. The number of hydrogen-bond donors (Lipinski definition) is 5. The van der Waals surface area contributed by atoms with Gasteiger partial charge in [0, 0.05) is 33.5 Å². The van der Waals surface area contributed by atoms with Crippen LogP contribution in [0.2, 0.25) is 0 Å². The van der Waals surface area contributed by atoms with E-state index in [9.17, 15) is 9.11 Å². The van der Waals surface area contributed by atoms with Crippen molar-refractivity contribution in [1.82, 2.24) is 15.3 Å². The summed E-state index contributed by atoms with van der Waals surface area (Å²) >= 11 is 3.42. The number of fused-ring (bicyclic) bond motifs is 1. The molecule has 1 aliphatic carbocycles. The minimum Gasteiger partial charge on any atom is -0.361 e. The van der Waals surface area contributed by atoms with Gasteiger partial charge in [-0.3, -0.25) is 19.5 Å². The van der Waals surface area contributed by atoms with Gasteiger partial charge in [0.2, 0.25) is 0 Å². The highest BCUT2D eigenvalue weighted by molar-refractivity contribution is 9.10. The first-order chi connectivity index (χ1) is 15.5. The Balaban J connectivity index is 1.50. The summed E-state index contributed by atoms with van der Waals surface area (Å²) in [5.74, 6) is 0.0914. The molecule has 0 radical (unpaired) electrons.